The average molecular weight is 512 g/mol. The van der Waals surface area contributed by atoms with Crippen molar-refractivity contribution in [1.29, 1.82) is 0 Å². The third-order valence-corrected chi connectivity index (χ3v) is 8.46. The van der Waals surface area contributed by atoms with Gasteiger partial charge in [0.15, 0.2) is 0 Å². The molecular formula is C27H30ClN3O5. The summed E-state index contributed by atoms with van der Waals surface area (Å²) in [5.41, 5.74) is -0.723. The maximum Gasteiger partial charge on any atom is 0.250 e. The highest BCUT2D eigenvalue weighted by Crippen LogP contribution is 2.65. The normalized spacial score (nSPS) is 32.4. The summed E-state index contributed by atoms with van der Waals surface area (Å²) in [4.78, 5) is 42.4. The number of rotatable bonds is 7. The van der Waals surface area contributed by atoms with Gasteiger partial charge >= 0.3 is 0 Å². The number of aliphatic hydroxyl groups is 1. The number of likely N-dealkylation sites (tertiary alicyclic amines) is 1. The van der Waals surface area contributed by atoms with Gasteiger partial charge in [0.05, 0.1) is 34.8 Å². The van der Waals surface area contributed by atoms with E-state index in [2.05, 4.69) is 10.6 Å². The van der Waals surface area contributed by atoms with Crippen LogP contribution in [0.15, 0.2) is 54.6 Å². The average Bonchev–Trinajstić information content (AvgIpc) is 3.37. The first-order chi connectivity index (χ1) is 17.2. The Morgan fingerprint density at radius 3 is 2.53 bits per heavy atom. The van der Waals surface area contributed by atoms with Gasteiger partial charge in [-0.1, -0.05) is 61.0 Å². The van der Waals surface area contributed by atoms with Crippen LogP contribution in [0.25, 0.3) is 0 Å². The number of hydrogen-bond donors (Lipinski definition) is 3. The number of carbonyl (C=O) groups excluding carboxylic acids is 3. The molecular weight excluding hydrogens is 482 g/mol. The SMILES string of the molecule is CC1CC23O[C@]1(C)[C@@H](C(=O)NCc1ccccc1)[C@H]2C(=O)N(CCO)C3C(=O)Nc1ccccc1Cl. The van der Waals surface area contributed by atoms with E-state index in [9.17, 15) is 19.5 Å². The van der Waals surface area contributed by atoms with Gasteiger partial charge in [-0.2, -0.15) is 0 Å². The van der Waals surface area contributed by atoms with E-state index < -0.39 is 35.0 Å². The molecule has 2 aromatic rings. The Bertz CT molecular complexity index is 1190. The van der Waals surface area contributed by atoms with Crippen molar-refractivity contribution in [2.45, 2.75) is 44.1 Å². The topological polar surface area (TPSA) is 108 Å². The predicted octanol–water partition coefficient (Wildman–Crippen LogP) is 2.60. The quantitative estimate of drug-likeness (QED) is 0.529. The van der Waals surface area contributed by atoms with Gasteiger partial charge in [0.1, 0.15) is 11.6 Å². The second kappa shape index (κ2) is 9.18. The number of fused-ring (bicyclic) bond motifs is 1. The Labute approximate surface area is 215 Å². The minimum Gasteiger partial charge on any atom is -0.395 e. The molecule has 3 N–H and O–H groups in total. The van der Waals surface area contributed by atoms with E-state index in [1.54, 1.807) is 24.3 Å². The van der Waals surface area contributed by atoms with Crippen LogP contribution in [0.4, 0.5) is 5.69 Å². The fourth-order valence-corrected chi connectivity index (χ4v) is 6.63. The number of nitrogens with one attached hydrogen (secondary N) is 2. The molecule has 0 aliphatic carbocycles. The van der Waals surface area contributed by atoms with E-state index in [1.165, 1.54) is 4.90 Å². The number of ether oxygens (including phenoxy) is 1. The van der Waals surface area contributed by atoms with E-state index >= 15 is 0 Å². The minimum absolute atomic E-state index is 0.0372. The van der Waals surface area contributed by atoms with Crippen LogP contribution in [-0.4, -0.2) is 58.1 Å². The van der Waals surface area contributed by atoms with Crippen molar-refractivity contribution in [2.24, 2.45) is 17.8 Å². The second-order valence-electron chi connectivity index (χ2n) is 10.1. The van der Waals surface area contributed by atoms with Gasteiger partial charge in [-0.05, 0) is 37.0 Å². The largest absolute Gasteiger partial charge is 0.395 e. The Balaban J connectivity index is 1.48. The summed E-state index contributed by atoms with van der Waals surface area (Å²) < 4.78 is 6.62. The number of nitrogens with zero attached hydrogens (tertiary/aromatic N) is 1. The first-order valence-electron chi connectivity index (χ1n) is 12.2. The van der Waals surface area contributed by atoms with Crippen LogP contribution in [0, 0.1) is 17.8 Å². The molecule has 8 nitrogen and oxygen atoms in total. The maximum atomic E-state index is 13.8. The monoisotopic (exact) mass is 511 g/mol. The Morgan fingerprint density at radius 2 is 1.83 bits per heavy atom. The molecule has 3 aliphatic heterocycles. The molecule has 190 valence electrons. The smallest absolute Gasteiger partial charge is 0.250 e. The van der Waals surface area contributed by atoms with Gasteiger partial charge in [0, 0.05) is 13.1 Å². The van der Waals surface area contributed by atoms with Gasteiger partial charge in [-0.3, -0.25) is 14.4 Å². The van der Waals surface area contributed by atoms with Crippen LogP contribution >= 0.6 is 11.6 Å². The molecule has 3 fully saturated rings. The van der Waals surface area contributed by atoms with Gasteiger partial charge in [-0.15, -0.1) is 0 Å². The van der Waals surface area contributed by atoms with E-state index in [0.717, 1.165) is 5.56 Å². The summed E-state index contributed by atoms with van der Waals surface area (Å²) in [6.07, 6.45) is 0.449. The van der Waals surface area contributed by atoms with Crippen molar-refractivity contribution in [3.05, 3.63) is 65.2 Å². The van der Waals surface area contributed by atoms with Crippen molar-refractivity contribution < 1.29 is 24.2 Å². The molecule has 9 heteroatoms. The fourth-order valence-electron chi connectivity index (χ4n) is 6.45. The molecule has 3 saturated heterocycles. The summed E-state index contributed by atoms with van der Waals surface area (Å²) in [5.74, 6) is -2.74. The van der Waals surface area contributed by atoms with E-state index in [0.29, 0.717) is 23.7 Å². The molecule has 3 aliphatic rings. The lowest BCUT2D eigenvalue weighted by Crippen LogP contribution is -2.54. The summed E-state index contributed by atoms with van der Waals surface area (Å²) >= 11 is 6.27. The number of anilines is 1. The Kier molecular flexibility index (Phi) is 6.31. The highest BCUT2D eigenvalue weighted by Gasteiger charge is 2.79. The molecule has 0 aromatic heterocycles. The lowest BCUT2D eigenvalue weighted by molar-refractivity contribution is -0.146. The van der Waals surface area contributed by atoms with E-state index in [1.807, 2.05) is 44.2 Å². The third kappa shape index (κ3) is 3.70. The molecule has 36 heavy (non-hydrogen) atoms. The number of benzene rings is 2. The van der Waals surface area contributed by atoms with Crippen LogP contribution in [0.2, 0.25) is 5.02 Å². The molecule has 1 spiro atoms. The molecule has 2 aromatic carbocycles. The molecule has 2 bridgehead atoms. The second-order valence-corrected chi connectivity index (χ2v) is 10.5. The van der Waals surface area contributed by atoms with Crippen molar-refractivity contribution in [3.63, 3.8) is 0 Å². The number of hydrogen-bond acceptors (Lipinski definition) is 5. The molecule has 0 radical (unpaired) electrons. The predicted molar refractivity (Wildman–Crippen MR) is 134 cm³/mol. The van der Waals surface area contributed by atoms with Gasteiger partial charge in [-0.25, -0.2) is 0 Å². The van der Waals surface area contributed by atoms with Crippen LogP contribution in [0.5, 0.6) is 0 Å². The molecule has 5 rings (SSSR count). The van der Waals surface area contributed by atoms with E-state index in [-0.39, 0.29) is 30.9 Å². The Morgan fingerprint density at radius 1 is 1.14 bits per heavy atom. The van der Waals surface area contributed by atoms with Crippen LogP contribution in [0.3, 0.4) is 0 Å². The zero-order valence-electron chi connectivity index (χ0n) is 20.2. The standard InChI is InChI=1S/C27H30ClN3O5/c1-16-14-27-21(20(26(16,2)36-27)23(33)29-15-17-8-4-3-5-9-17)25(35)31(12-13-32)22(27)24(34)30-19-11-7-6-10-18(19)28/h3-11,16,20-22,32H,12-15H2,1-2H3,(H,29,33)(H,30,34)/t16?,20-,21+,22?,26+,27?/m1/s1. The Hall–Kier alpha value is -2.94. The first-order valence-corrected chi connectivity index (χ1v) is 12.6. The van der Waals surface area contributed by atoms with Crippen LogP contribution < -0.4 is 10.6 Å². The van der Waals surface area contributed by atoms with Gasteiger partial charge in [0.2, 0.25) is 17.7 Å². The number of carbonyl (C=O) groups is 3. The van der Waals surface area contributed by atoms with Gasteiger partial charge in [0.25, 0.3) is 0 Å². The third-order valence-electron chi connectivity index (χ3n) is 8.13. The highest BCUT2D eigenvalue weighted by molar-refractivity contribution is 6.33. The minimum atomic E-state index is -1.18. The summed E-state index contributed by atoms with van der Waals surface area (Å²) in [6.45, 7) is 3.83. The van der Waals surface area contributed by atoms with Crippen molar-refractivity contribution >= 4 is 35.0 Å². The highest BCUT2D eigenvalue weighted by atomic mass is 35.5. The van der Waals surface area contributed by atoms with Gasteiger partial charge < -0.3 is 25.4 Å². The first kappa shape index (κ1) is 24.7. The maximum absolute atomic E-state index is 13.8. The molecule has 0 saturated carbocycles. The summed E-state index contributed by atoms with van der Waals surface area (Å²) in [5, 5.41) is 15.9. The number of β-amino-alcohol motifs (C(OH)–C–C–N with tert-alkyl or cyclic N) is 1. The molecule has 3 amide bonds. The molecule has 3 unspecified atom stereocenters. The zero-order chi connectivity index (χ0) is 25.7. The number of amides is 3. The number of aliphatic hydroxyl groups excluding tert-OH is 1. The van der Waals surface area contributed by atoms with Crippen molar-refractivity contribution in [1.82, 2.24) is 10.2 Å². The lowest BCUT2D eigenvalue weighted by Gasteiger charge is -2.36. The van der Waals surface area contributed by atoms with Crippen LogP contribution in [0.1, 0.15) is 25.8 Å². The molecule has 6 atom stereocenters. The lowest BCUT2D eigenvalue weighted by atomic mass is 9.62. The molecule has 3 heterocycles. The van der Waals surface area contributed by atoms with Crippen molar-refractivity contribution in [2.75, 3.05) is 18.5 Å². The summed E-state index contributed by atoms with van der Waals surface area (Å²) in [7, 11) is 0. The van der Waals surface area contributed by atoms with E-state index in [4.69, 9.17) is 16.3 Å². The number of para-hydroxylation sites is 1. The zero-order valence-corrected chi connectivity index (χ0v) is 21.0. The number of halogens is 1. The summed E-state index contributed by atoms with van der Waals surface area (Å²) in [6, 6.07) is 15.4. The van der Waals surface area contributed by atoms with Crippen LogP contribution in [-0.2, 0) is 25.7 Å². The van der Waals surface area contributed by atoms with Crippen molar-refractivity contribution in [3.8, 4) is 0 Å². The fraction of sp³-hybridized carbons (Fsp3) is 0.444.